The van der Waals surface area contributed by atoms with Crippen molar-refractivity contribution in [1.29, 1.82) is 0 Å². The molecule has 0 unspecified atom stereocenters. The van der Waals surface area contributed by atoms with Crippen LogP contribution in [-0.4, -0.2) is 31.9 Å². The second-order valence-electron chi connectivity index (χ2n) is 37.7. The zero-order valence-electron chi connectivity index (χ0n) is 73.8. The van der Waals surface area contributed by atoms with Crippen molar-refractivity contribution in [1.82, 2.24) is 19.9 Å². The third kappa shape index (κ3) is 40.5. The maximum Gasteiger partial charge on any atom is 0.573 e. The third-order valence-electron chi connectivity index (χ3n) is 17.2. The summed E-state index contributed by atoms with van der Waals surface area (Å²) in [6, 6.07) is 62.3. The van der Waals surface area contributed by atoms with Gasteiger partial charge < -0.3 is 9.47 Å². The van der Waals surface area contributed by atoms with Gasteiger partial charge in [0.2, 0.25) is 0 Å². The highest BCUT2D eigenvalue weighted by Crippen LogP contribution is 2.34. The first kappa shape index (κ1) is 98.6. The molecule has 0 fully saturated rings. The average molecular weight is 1530 g/mol. The Labute approximate surface area is 667 Å². The van der Waals surface area contributed by atoms with E-state index in [2.05, 4.69) is 327 Å². The summed E-state index contributed by atoms with van der Waals surface area (Å²) in [7, 11) is 0. The van der Waals surface area contributed by atoms with Gasteiger partial charge in [0, 0.05) is 63.0 Å². The number of ether oxygens (including phenoxy) is 2. The Bertz CT molecular complexity index is 3920. The molecule has 0 aliphatic carbocycles. The summed E-state index contributed by atoms with van der Waals surface area (Å²) in [6.45, 7) is 70.6. The summed E-state index contributed by atoms with van der Waals surface area (Å²) in [4.78, 5) is 17.7. The molecule has 4 heterocycles. The minimum absolute atomic E-state index is 0.0458. The normalized spacial score (nSPS) is 12.0. The fraction of sp³-hybridized carbons (Fsp3) is 0.455. The number of hydrogen-bond acceptors (Lipinski definition) is 6. The van der Waals surface area contributed by atoms with Crippen LogP contribution in [0.4, 0.5) is 26.3 Å². The van der Waals surface area contributed by atoms with Crippen LogP contribution < -0.4 is 4.74 Å². The highest BCUT2D eigenvalue weighted by atomic mass is 19.4. The fourth-order valence-electron chi connectivity index (χ4n) is 9.75. The first-order valence-corrected chi connectivity index (χ1v) is 38.5. The summed E-state index contributed by atoms with van der Waals surface area (Å²) in [6.07, 6.45) is -3.08. The van der Waals surface area contributed by atoms with E-state index in [9.17, 15) is 26.3 Å². The Morgan fingerprint density at radius 3 is 1.01 bits per heavy atom. The number of rotatable bonds is 3. The van der Waals surface area contributed by atoms with E-state index in [1.54, 1.807) is 18.2 Å². The Morgan fingerprint density at radius 1 is 0.297 bits per heavy atom. The fourth-order valence-corrected chi connectivity index (χ4v) is 9.75. The second kappa shape index (κ2) is 41.9. The summed E-state index contributed by atoms with van der Waals surface area (Å²) < 4.78 is 82.0. The van der Waals surface area contributed by atoms with Gasteiger partial charge in [-0.05, 0) is 182 Å². The zero-order chi connectivity index (χ0) is 85.2. The summed E-state index contributed by atoms with van der Waals surface area (Å²) in [5.74, 6) is -0.185. The number of aryl methyl sites for hydroxylation is 6. The van der Waals surface area contributed by atoms with Crippen LogP contribution in [0.15, 0.2) is 213 Å². The minimum atomic E-state index is -4.62. The molecule has 10 rings (SSSR count). The van der Waals surface area contributed by atoms with Gasteiger partial charge in [-0.1, -0.05) is 329 Å². The highest BCUT2D eigenvalue weighted by molar-refractivity contribution is 5.81. The molecule has 0 amide bonds. The van der Waals surface area contributed by atoms with Crippen LogP contribution in [0.2, 0.25) is 0 Å². The molecule has 0 spiro atoms. The van der Waals surface area contributed by atoms with Crippen LogP contribution in [-0.2, 0) is 60.8 Å². The first-order valence-electron chi connectivity index (χ1n) is 38.5. The van der Waals surface area contributed by atoms with Crippen molar-refractivity contribution in [3.63, 3.8) is 0 Å². The van der Waals surface area contributed by atoms with Gasteiger partial charge in [-0.2, -0.15) is 13.2 Å². The first-order chi connectivity index (χ1) is 50.4. The third-order valence-corrected chi connectivity index (χ3v) is 17.2. The molecule has 606 valence electrons. The van der Waals surface area contributed by atoms with Gasteiger partial charge in [-0.15, -0.1) is 13.2 Å². The molecule has 0 aliphatic heterocycles. The van der Waals surface area contributed by atoms with Crippen molar-refractivity contribution in [2.75, 3.05) is 0 Å². The van der Waals surface area contributed by atoms with Gasteiger partial charge in [0.25, 0.3) is 0 Å². The minimum Gasteiger partial charge on any atom is -0.406 e. The number of nitrogens with zero attached hydrogens (tertiary/aromatic N) is 4. The lowest BCUT2D eigenvalue weighted by atomic mass is 9.86. The molecule has 0 aliphatic rings. The molecular weight excluding hydrogens is 1390 g/mol. The summed E-state index contributed by atoms with van der Waals surface area (Å²) in [5, 5.41) is 1.23. The molecule has 6 nitrogen and oxygen atoms in total. The number of halogens is 6. The molecule has 6 aromatic carbocycles. The molecular formula is C99H136F6N4O2. The van der Waals surface area contributed by atoms with E-state index in [4.69, 9.17) is 9.72 Å². The lowest BCUT2D eigenvalue weighted by Gasteiger charge is -2.20. The van der Waals surface area contributed by atoms with Crippen LogP contribution in [0.5, 0.6) is 5.75 Å². The molecule has 10 aromatic rings. The number of aromatic nitrogens is 4. The van der Waals surface area contributed by atoms with E-state index in [1.165, 1.54) is 79.7 Å². The number of hydrogen-bond donors (Lipinski definition) is 0. The van der Waals surface area contributed by atoms with Crippen molar-refractivity contribution < 1.29 is 35.8 Å². The van der Waals surface area contributed by atoms with Crippen molar-refractivity contribution in [2.45, 2.75) is 297 Å². The largest absolute Gasteiger partial charge is 0.573 e. The van der Waals surface area contributed by atoms with Gasteiger partial charge in [-0.3, -0.25) is 19.9 Å². The van der Waals surface area contributed by atoms with Crippen molar-refractivity contribution in [3.8, 4) is 5.75 Å². The summed E-state index contributed by atoms with van der Waals surface area (Å²) in [5.41, 5.74) is 19.4. The van der Waals surface area contributed by atoms with E-state index < -0.39 is 18.1 Å². The number of benzene rings is 6. The lowest BCUT2D eigenvalue weighted by Crippen LogP contribution is -2.18. The van der Waals surface area contributed by atoms with E-state index in [1.807, 2.05) is 85.3 Å². The van der Waals surface area contributed by atoms with E-state index in [0.29, 0.717) is 12.2 Å². The second-order valence-corrected chi connectivity index (χ2v) is 37.7. The Balaban J connectivity index is 0.000000425. The van der Waals surface area contributed by atoms with Crippen LogP contribution >= 0.6 is 0 Å². The van der Waals surface area contributed by atoms with Crippen LogP contribution in [0.3, 0.4) is 0 Å². The Kier molecular flexibility index (Phi) is 37.2. The highest BCUT2D eigenvalue weighted by Gasteiger charge is 2.32. The predicted octanol–water partition coefficient (Wildman–Crippen LogP) is 29.4. The SMILES string of the molecule is CC(C)(C)OCc1ccccc1.CC(C)(C)c1ccc(OC(F)(F)F)cc1.CC(C)(C)c1cccc(C(F)(F)F)c1.Cc1ccc(C(C)(C)C)cc1.Cc1ccc(C(C)(C)C)cc1.Cc1ccc(C(C)(C)C)cn1.Cc1ccc(C(C)(C)C)nc1.Cc1ccc(C(C)(C)C)nc1.Cc1cccc2ccc(C(C)(C)C)nc12. The average Bonchev–Trinajstić information content (AvgIpc) is 0.807. The molecule has 4 aromatic heterocycles. The smallest absolute Gasteiger partial charge is 0.406 e. The molecule has 0 radical (unpaired) electrons. The Morgan fingerprint density at radius 2 is 0.667 bits per heavy atom. The quantitative estimate of drug-likeness (QED) is 0.164. The van der Waals surface area contributed by atoms with Crippen LogP contribution in [0.25, 0.3) is 10.9 Å². The van der Waals surface area contributed by atoms with Crippen molar-refractivity contribution >= 4 is 10.9 Å². The summed E-state index contributed by atoms with van der Waals surface area (Å²) >= 11 is 0. The number of fused-ring (bicyclic) bond motifs is 1. The van der Waals surface area contributed by atoms with Gasteiger partial charge in [0.05, 0.1) is 23.3 Å². The molecule has 0 saturated carbocycles. The van der Waals surface area contributed by atoms with Crippen LogP contribution in [0, 0.1) is 41.5 Å². The zero-order valence-corrected chi connectivity index (χ0v) is 73.8. The maximum absolute atomic E-state index is 12.4. The van der Waals surface area contributed by atoms with Gasteiger partial charge in [0.15, 0.2) is 0 Å². The van der Waals surface area contributed by atoms with E-state index >= 15 is 0 Å². The molecule has 0 bridgehead atoms. The van der Waals surface area contributed by atoms with Gasteiger partial charge in [0.1, 0.15) is 5.75 Å². The number of pyridine rings is 4. The van der Waals surface area contributed by atoms with Gasteiger partial charge in [-0.25, -0.2) is 0 Å². The van der Waals surface area contributed by atoms with Crippen molar-refractivity contribution in [2.24, 2.45) is 0 Å². The Hall–Kier alpha value is -8.48. The molecule has 12 heteroatoms. The van der Waals surface area contributed by atoms with Gasteiger partial charge >= 0.3 is 12.5 Å². The molecule has 0 N–H and O–H groups in total. The van der Waals surface area contributed by atoms with E-state index in [0.717, 1.165) is 39.9 Å². The lowest BCUT2D eigenvalue weighted by molar-refractivity contribution is -0.274. The molecule has 0 atom stereocenters. The number of para-hydroxylation sites is 1. The monoisotopic (exact) mass is 1530 g/mol. The standard InChI is InChI=1S/C14H17N.C11H13F3O.C11H13F3.C11H16O.2C11H16.3C10H15N/c1-10-6-5-7-11-8-9-12(14(2,3)4)15-13(10)11;1-10(2,3)8-4-6-9(7-5-8)15-11(12,13)14;1-10(2,3)8-5-4-6-9(7-8)11(12,13)14;1-11(2,3)12-9-10-7-5-4-6-8-10;2*1-9-5-7-10(8-6-9)11(2,3)4;1-8-5-6-9(7-11-8)10(2,3)4;2*1-8-5-6-9(11-7-8)10(2,3)4/h5-9H,1-4H3;4-7H,1-3H3;4-7H,1-3H3;4-8H,9H2,1-3H3;2*5-8H,1-4H3;3*5-7H,1-4H3. The number of alkyl halides is 6. The van der Waals surface area contributed by atoms with Crippen LogP contribution in [0.1, 0.15) is 276 Å². The maximum atomic E-state index is 12.4. The topological polar surface area (TPSA) is 70.0 Å². The molecule has 0 saturated heterocycles. The van der Waals surface area contributed by atoms with E-state index in [-0.39, 0.29) is 54.7 Å². The molecule has 111 heavy (non-hydrogen) atoms. The van der Waals surface area contributed by atoms with Crippen molar-refractivity contribution in [3.05, 3.63) is 302 Å². The predicted molar refractivity (Wildman–Crippen MR) is 461 cm³/mol.